The predicted octanol–water partition coefficient (Wildman–Crippen LogP) is 1.90. The number of aryl methyl sites for hydroxylation is 2. The minimum atomic E-state index is -0.919. The van der Waals surface area contributed by atoms with Crippen LogP contribution in [0.5, 0.6) is 0 Å². The molecule has 0 radical (unpaired) electrons. The van der Waals surface area contributed by atoms with E-state index in [2.05, 4.69) is 5.32 Å². The van der Waals surface area contributed by atoms with Crippen molar-refractivity contribution in [2.45, 2.75) is 33.2 Å². The molecule has 1 aromatic carbocycles. The maximum absolute atomic E-state index is 11.8. The summed E-state index contributed by atoms with van der Waals surface area (Å²) in [5.74, 6) is -1.15. The Kier molecular flexibility index (Phi) is 4.26. The Bertz CT molecular complexity index is 440. The van der Waals surface area contributed by atoms with Gasteiger partial charge in [0.15, 0.2) is 0 Å². The number of carboxylic acids is 1. The van der Waals surface area contributed by atoms with Crippen LogP contribution in [-0.4, -0.2) is 23.0 Å². The zero-order chi connectivity index (χ0) is 13.0. The molecule has 0 fully saturated rings. The van der Waals surface area contributed by atoms with E-state index in [1.165, 1.54) is 0 Å². The molecule has 2 N–H and O–H groups in total. The summed E-state index contributed by atoms with van der Waals surface area (Å²) in [6, 6.07) is 5.05. The monoisotopic (exact) mass is 235 g/mol. The lowest BCUT2D eigenvalue weighted by molar-refractivity contribution is -0.137. The zero-order valence-corrected chi connectivity index (χ0v) is 10.3. The normalized spacial score (nSPS) is 11.9. The average molecular weight is 235 g/mol. The molecule has 0 saturated heterocycles. The van der Waals surface area contributed by atoms with Gasteiger partial charge in [0.05, 0.1) is 6.42 Å². The van der Waals surface area contributed by atoms with Gasteiger partial charge in [0.25, 0.3) is 5.91 Å². The van der Waals surface area contributed by atoms with Crippen molar-refractivity contribution >= 4 is 11.9 Å². The molecule has 0 aliphatic heterocycles. The number of rotatable bonds is 4. The van der Waals surface area contributed by atoms with Crippen molar-refractivity contribution in [2.24, 2.45) is 0 Å². The SMILES string of the molecule is Cc1ccc(C(=O)NC(C)CC(=O)O)cc1C. The van der Waals surface area contributed by atoms with E-state index in [1.54, 1.807) is 19.1 Å². The summed E-state index contributed by atoms with van der Waals surface area (Å²) in [6.07, 6.45) is -0.0728. The van der Waals surface area contributed by atoms with Crippen LogP contribution in [0.25, 0.3) is 0 Å². The number of nitrogens with one attached hydrogen (secondary N) is 1. The average Bonchev–Trinajstić information content (AvgIpc) is 2.20. The summed E-state index contributed by atoms with van der Waals surface area (Å²) in [7, 11) is 0. The third-order valence-electron chi connectivity index (χ3n) is 2.63. The smallest absolute Gasteiger partial charge is 0.305 e. The van der Waals surface area contributed by atoms with Crippen LogP contribution in [-0.2, 0) is 4.79 Å². The zero-order valence-electron chi connectivity index (χ0n) is 10.3. The lowest BCUT2D eigenvalue weighted by atomic mass is 10.1. The molecule has 0 aliphatic carbocycles. The lowest BCUT2D eigenvalue weighted by Gasteiger charge is -2.12. The van der Waals surface area contributed by atoms with Crippen molar-refractivity contribution in [3.63, 3.8) is 0 Å². The molecule has 1 amide bonds. The van der Waals surface area contributed by atoms with Gasteiger partial charge in [-0.3, -0.25) is 9.59 Å². The second-order valence-corrected chi connectivity index (χ2v) is 4.27. The maximum atomic E-state index is 11.8. The molecular formula is C13H17NO3. The molecule has 1 unspecified atom stereocenters. The summed E-state index contributed by atoms with van der Waals surface area (Å²) >= 11 is 0. The number of carbonyl (C=O) groups excluding carboxylic acids is 1. The largest absolute Gasteiger partial charge is 0.481 e. The van der Waals surface area contributed by atoms with Gasteiger partial charge in [-0.25, -0.2) is 0 Å². The van der Waals surface area contributed by atoms with Crippen LogP contribution in [0.3, 0.4) is 0 Å². The number of aliphatic carboxylic acids is 1. The highest BCUT2D eigenvalue weighted by Crippen LogP contribution is 2.10. The Hall–Kier alpha value is -1.84. The van der Waals surface area contributed by atoms with Crippen LogP contribution in [0.1, 0.15) is 34.8 Å². The van der Waals surface area contributed by atoms with E-state index < -0.39 is 5.97 Å². The van der Waals surface area contributed by atoms with E-state index in [9.17, 15) is 9.59 Å². The van der Waals surface area contributed by atoms with Crippen molar-refractivity contribution in [1.82, 2.24) is 5.32 Å². The molecule has 4 nitrogen and oxygen atoms in total. The first-order valence-electron chi connectivity index (χ1n) is 5.50. The lowest BCUT2D eigenvalue weighted by Crippen LogP contribution is -2.34. The number of carboxylic acid groups (broad SMARTS) is 1. The molecule has 1 rings (SSSR count). The number of amides is 1. The van der Waals surface area contributed by atoms with E-state index in [0.717, 1.165) is 11.1 Å². The van der Waals surface area contributed by atoms with Crippen LogP contribution in [0.15, 0.2) is 18.2 Å². The quantitative estimate of drug-likeness (QED) is 0.837. The van der Waals surface area contributed by atoms with E-state index in [0.29, 0.717) is 5.56 Å². The Morgan fingerprint density at radius 2 is 1.94 bits per heavy atom. The molecule has 0 spiro atoms. The third-order valence-corrected chi connectivity index (χ3v) is 2.63. The van der Waals surface area contributed by atoms with Crippen LogP contribution < -0.4 is 5.32 Å². The molecule has 92 valence electrons. The molecule has 1 aromatic rings. The van der Waals surface area contributed by atoms with Crippen LogP contribution in [0.4, 0.5) is 0 Å². The predicted molar refractivity (Wildman–Crippen MR) is 65.1 cm³/mol. The first-order valence-corrected chi connectivity index (χ1v) is 5.50. The topological polar surface area (TPSA) is 66.4 Å². The van der Waals surface area contributed by atoms with Crippen LogP contribution >= 0.6 is 0 Å². The highest BCUT2D eigenvalue weighted by Gasteiger charge is 2.12. The van der Waals surface area contributed by atoms with E-state index in [1.807, 2.05) is 19.9 Å². The fraction of sp³-hybridized carbons (Fsp3) is 0.385. The minimum Gasteiger partial charge on any atom is -0.481 e. The van der Waals surface area contributed by atoms with Crippen LogP contribution in [0.2, 0.25) is 0 Å². The van der Waals surface area contributed by atoms with Gasteiger partial charge in [0.1, 0.15) is 0 Å². The summed E-state index contributed by atoms with van der Waals surface area (Å²) in [5, 5.41) is 11.3. The number of benzene rings is 1. The van der Waals surface area contributed by atoms with Gasteiger partial charge in [-0.15, -0.1) is 0 Å². The van der Waals surface area contributed by atoms with Crippen molar-refractivity contribution in [3.05, 3.63) is 34.9 Å². The third kappa shape index (κ3) is 3.90. The van der Waals surface area contributed by atoms with E-state index >= 15 is 0 Å². The maximum Gasteiger partial charge on any atom is 0.305 e. The first-order chi connectivity index (χ1) is 7.90. The van der Waals surface area contributed by atoms with Gasteiger partial charge >= 0.3 is 5.97 Å². The Morgan fingerprint density at radius 1 is 1.29 bits per heavy atom. The fourth-order valence-corrected chi connectivity index (χ4v) is 1.50. The van der Waals surface area contributed by atoms with Crippen molar-refractivity contribution in [2.75, 3.05) is 0 Å². The van der Waals surface area contributed by atoms with Crippen LogP contribution in [0, 0.1) is 13.8 Å². The van der Waals surface area contributed by atoms with Gasteiger partial charge in [-0.2, -0.15) is 0 Å². The Labute approximate surface area is 101 Å². The summed E-state index contributed by atoms with van der Waals surface area (Å²) in [6.45, 7) is 5.59. The first kappa shape index (κ1) is 13.2. The molecule has 0 saturated carbocycles. The van der Waals surface area contributed by atoms with Gasteiger partial charge in [0, 0.05) is 11.6 Å². The Morgan fingerprint density at radius 3 is 2.47 bits per heavy atom. The molecule has 0 bridgehead atoms. The minimum absolute atomic E-state index is 0.0728. The molecule has 17 heavy (non-hydrogen) atoms. The van der Waals surface area contributed by atoms with Gasteiger partial charge in [0.2, 0.25) is 0 Å². The van der Waals surface area contributed by atoms with Crippen molar-refractivity contribution in [1.29, 1.82) is 0 Å². The molecule has 0 aromatic heterocycles. The number of carbonyl (C=O) groups is 2. The van der Waals surface area contributed by atoms with E-state index in [-0.39, 0.29) is 18.4 Å². The molecular weight excluding hydrogens is 218 g/mol. The van der Waals surface area contributed by atoms with Crippen molar-refractivity contribution < 1.29 is 14.7 Å². The van der Waals surface area contributed by atoms with Gasteiger partial charge < -0.3 is 10.4 Å². The summed E-state index contributed by atoms with van der Waals surface area (Å²) in [5.41, 5.74) is 2.73. The second kappa shape index (κ2) is 5.48. The van der Waals surface area contributed by atoms with Gasteiger partial charge in [-0.1, -0.05) is 6.07 Å². The standard InChI is InChI=1S/C13H17NO3/c1-8-4-5-11(6-9(8)2)13(17)14-10(3)7-12(15)16/h4-6,10H,7H2,1-3H3,(H,14,17)(H,15,16). The summed E-state index contributed by atoms with van der Waals surface area (Å²) in [4.78, 5) is 22.3. The Balaban J connectivity index is 2.70. The molecule has 0 heterocycles. The molecule has 4 heteroatoms. The molecule has 1 atom stereocenters. The number of hydrogen-bond acceptors (Lipinski definition) is 2. The second-order valence-electron chi connectivity index (χ2n) is 4.27. The van der Waals surface area contributed by atoms with E-state index in [4.69, 9.17) is 5.11 Å². The molecule has 0 aliphatic rings. The fourth-order valence-electron chi connectivity index (χ4n) is 1.50. The number of hydrogen-bond donors (Lipinski definition) is 2. The van der Waals surface area contributed by atoms with Crippen molar-refractivity contribution in [3.8, 4) is 0 Å². The highest BCUT2D eigenvalue weighted by atomic mass is 16.4. The van der Waals surface area contributed by atoms with Gasteiger partial charge in [-0.05, 0) is 44.0 Å². The highest BCUT2D eigenvalue weighted by molar-refractivity contribution is 5.94. The summed E-state index contributed by atoms with van der Waals surface area (Å²) < 4.78 is 0.